The summed E-state index contributed by atoms with van der Waals surface area (Å²) >= 11 is 0. The van der Waals surface area contributed by atoms with Crippen LogP contribution in [-0.2, 0) is 22.6 Å². The van der Waals surface area contributed by atoms with Gasteiger partial charge in [0.1, 0.15) is 6.61 Å². The molecule has 0 bridgehead atoms. The zero-order chi connectivity index (χ0) is 20.9. The molecular weight excluding hydrogens is 507 g/mol. The van der Waals surface area contributed by atoms with Crippen molar-refractivity contribution in [3.8, 4) is 5.88 Å². The van der Waals surface area contributed by atoms with Crippen molar-refractivity contribution in [2.45, 2.75) is 39.0 Å². The highest BCUT2D eigenvalue weighted by molar-refractivity contribution is 14.0. The third kappa shape index (κ3) is 9.84. The highest BCUT2D eigenvalue weighted by atomic mass is 127. The van der Waals surface area contributed by atoms with Crippen LogP contribution in [0.3, 0.4) is 0 Å². The minimum absolute atomic E-state index is 0. The predicted octanol–water partition coefficient (Wildman–Crippen LogP) is 3.53. The first kappa shape index (κ1) is 25.4. The van der Waals surface area contributed by atoms with Crippen LogP contribution >= 0.6 is 24.0 Å². The van der Waals surface area contributed by atoms with Crippen LogP contribution in [0.1, 0.15) is 30.9 Å². The molecule has 0 amide bonds. The lowest BCUT2D eigenvalue weighted by molar-refractivity contribution is 0.0420. The van der Waals surface area contributed by atoms with E-state index >= 15 is 0 Å². The molecule has 7 nitrogen and oxygen atoms in total. The molecule has 3 rings (SSSR count). The zero-order valence-corrected chi connectivity index (χ0v) is 20.4. The average Bonchev–Trinajstić information content (AvgIpc) is 3.30. The van der Waals surface area contributed by atoms with Crippen molar-refractivity contribution in [3.05, 3.63) is 59.8 Å². The number of nitrogens with one attached hydrogen (secondary N) is 2. The molecule has 1 aliphatic rings. The molecular formula is C23H33IN4O3. The normalized spacial score (nSPS) is 15.9. The number of ether oxygens (including phenoxy) is 3. The van der Waals surface area contributed by atoms with E-state index in [1.165, 1.54) is 0 Å². The van der Waals surface area contributed by atoms with E-state index in [-0.39, 0.29) is 30.1 Å². The highest BCUT2D eigenvalue weighted by Gasteiger charge is 2.15. The number of guanidine groups is 1. The van der Waals surface area contributed by atoms with Gasteiger partial charge in [0.05, 0.1) is 19.3 Å². The van der Waals surface area contributed by atoms with Crippen molar-refractivity contribution in [3.63, 3.8) is 0 Å². The number of rotatable bonds is 11. The van der Waals surface area contributed by atoms with E-state index in [1.54, 1.807) is 6.20 Å². The van der Waals surface area contributed by atoms with Gasteiger partial charge in [-0.15, -0.1) is 24.0 Å². The van der Waals surface area contributed by atoms with Crippen LogP contribution < -0.4 is 15.4 Å². The van der Waals surface area contributed by atoms with E-state index in [1.807, 2.05) is 42.5 Å². The Bertz CT molecular complexity index is 770. The molecule has 31 heavy (non-hydrogen) atoms. The number of nitrogens with zero attached hydrogens (tertiary/aromatic N) is 2. The Balaban J connectivity index is 0.00000341. The summed E-state index contributed by atoms with van der Waals surface area (Å²) in [5.41, 5.74) is 2.17. The van der Waals surface area contributed by atoms with Gasteiger partial charge in [-0.25, -0.2) is 9.98 Å². The fraction of sp³-hybridized carbons (Fsp3) is 0.478. The SMILES string of the molecule is CCNC(=NCc1ccnc(OCc2ccccc2)c1)NCCCOC1CCOC1.I. The van der Waals surface area contributed by atoms with Crippen molar-refractivity contribution in [1.82, 2.24) is 15.6 Å². The number of halogens is 1. The quantitative estimate of drug-likeness (QED) is 0.197. The lowest BCUT2D eigenvalue weighted by atomic mass is 10.2. The summed E-state index contributed by atoms with van der Waals surface area (Å²) in [7, 11) is 0. The third-order valence-electron chi connectivity index (χ3n) is 4.65. The molecule has 0 aliphatic carbocycles. The topological polar surface area (TPSA) is 77.0 Å². The van der Waals surface area contributed by atoms with Gasteiger partial charge in [0.2, 0.25) is 5.88 Å². The minimum Gasteiger partial charge on any atom is -0.473 e. The first-order chi connectivity index (χ1) is 14.8. The van der Waals surface area contributed by atoms with Gasteiger partial charge in [-0.3, -0.25) is 0 Å². The van der Waals surface area contributed by atoms with Crippen LogP contribution in [0.15, 0.2) is 53.7 Å². The standard InChI is InChI=1S/C23H32N4O3.HI/c1-2-24-23(26-11-6-13-29-21-10-14-28-18-21)27-16-20-9-12-25-22(15-20)30-17-19-7-4-3-5-8-19;/h3-5,7-9,12,15,21H,2,6,10-11,13-14,16-18H2,1H3,(H2,24,26,27);1H. The maximum Gasteiger partial charge on any atom is 0.213 e. The number of benzene rings is 1. The van der Waals surface area contributed by atoms with Crippen molar-refractivity contribution in [1.29, 1.82) is 0 Å². The maximum atomic E-state index is 5.81. The Hall–Kier alpha value is -1.91. The molecule has 1 fully saturated rings. The second-order valence-corrected chi connectivity index (χ2v) is 7.11. The average molecular weight is 540 g/mol. The van der Waals surface area contributed by atoms with Crippen molar-refractivity contribution >= 4 is 29.9 Å². The molecule has 1 aliphatic heterocycles. The molecule has 0 saturated carbocycles. The van der Waals surface area contributed by atoms with E-state index in [0.717, 1.165) is 62.8 Å². The first-order valence-electron chi connectivity index (χ1n) is 10.7. The van der Waals surface area contributed by atoms with E-state index in [0.29, 0.717) is 19.0 Å². The summed E-state index contributed by atoms with van der Waals surface area (Å²) in [6.07, 6.45) is 3.95. The van der Waals surface area contributed by atoms with Gasteiger partial charge in [-0.05, 0) is 37.0 Å². The number of hydrogen-bond donors (Lipinski definition) is 2. The van der Waals surface area contributed by atoms with Crippen LogP contribution in [0.4, 0.5) is 0 Å². The Kier molecular flexibility index (Phi) is 12.3. The Labute approximate surface area is 202 Å². The fourth-order valence-electron chi connectivity index (χ4n) is 3.04. The van der Waals surface area contributed by atoms with Gasteiger partial charge in [0, 0.05) is 38.6 Å². The smallest absolute Gasteiger partial charge is 0.213 e. The Morgan fingerprint density at radius 1 is 1.19 bits per heavy atom. The van der Waals surface area contributed by atoms with Gasteiger partial charge < -0.3 is 24.8 Å². The van der Waals surface area contributed by atoms with E-state index in [9.17, 15) is 0 Å². The van der Waals surface area contributed by atoms with Gasteiger partial charge in [-0.2, -0.15) is 0 Å². The molecule has 170 valence electrons. The van der Waals surface area contributed by atoms with Crippen LogP contribution in [-0.4, -0.2) is 50.0 Å². The second kappa shape index (κ2) is 15.0. The van der Waals surface area contributed by atoms with Gasteiger partial charge in [0.25, 0.3) is 0 Å². The molecule has 1 aromatic carbocycles. The summed E-state index contributed by atoms with van der Waals surface area (Å²) in [5.74, 6) is 1.41. The third-order valence-corrected chi connectivity index (χ3v) is 4.65. The number of aromatic nitrogens is 1. The molecule has 1 unspecified atom stereocenters. The summed E-state index contributed by atoms with van der Waals surface area (Å²) in [6.45, 7) is 6.99. The van der Waals surface area contributed by atoms with Gasteiger partial charge in [0.15, 0.2) is 5.96 Å². The molecule has 1 saturated heterocycles. The van der Waals surface area contributed by atoms with E-state index < -0.39 is 0 Å². The summed E-state index contributed by atoms with van der Waals surface area (Å²) in [4.78, 5) is 8.96. The first-order valence-corrected chi connectivity index (χ1v) is 10.7. The second-order valence-electron chi connectivity index (χ2n) is 7.11. The van der Waals surface area contributed by atoms with E-state index in [4.69, 9.17) is 14.2 Å². The number of aliphatic imine (C=N–C) groups is 1. The summed E-state index contributed by atoms with van der Waals surface area (Å²) in [5, 5.41) is 6.64. The van der Waals surface area contributed by atoms with Crippen LogP contribution in [0.25, 0.3) is 0 Å². The molecule has 2 aromatic rings. The maximum absolute atomic E-state index is 5.81. The minimum atomic E-state index is 0. The predicted molar refractivity (Wildman–Crippen MR) is 133 cm³/mol. The van der Waals surface area contributed by atoms with Crippen LogP contribution in [0.2, 0.25) is 0 Å². The molecule has 1 aromatic heterocycles. The number of pyridine rings is 1. The number of hydrogen-bond acceptors (Lipinski definition) is 5. The molecule has 2 N–H and O–H groups in total. The van der Waals surface area contributed by atoms with Gasteiger partial charge in [-0.1, -0.05) is 30.3 Å². The molecule has 2 heterocycles. The lowest BCUT2D eigenvalue weighted by Crippen LogP contribution is -2.38. The molecule has 0 radical (unpaired) electrons. The van der Waals surface area contributed by atoms with E-state index in [2.05, 4.69) is 27.5 Å². The lowest BCUT2D eigenvalue weighted by Gasteiger charge is -2.13. The Morgan fingerprint density at radius 3 is 2.84 bits per heavy atom. The molecule has 1 atom stereocenters. The largest absolute Gasteiger partial charge is 0.473 e. The molecule has 8 heteroatoms. The fourth-order valence-corrected chi connectivity index (χ4v) is 3.04. The zero-order valence-electron chi connectivity index (χ0n) is 18.1. The van der Waals surface area contributed by atoms with Crippen LogP contribution in [0, 0.1) is 0 Å². The van der Waals surface area contributed by atoms with Crippen molar-refractivity contribution in [2.75, 3.05) is 32.9 Å². The summed E-state index contributed by atoms with van der Waals surface area (Å²) < 4.78 is 16.9. The van der Waals surface area contributed by atoms with Crippen molar-refractivity contribution < 1.29 is 14.2 Å². The van der Waals surface area contributed by atoms with Crippen LogP contribution in [0.5, 0.6) is 5.88 Å². The van der Waals surface area contributed by atoms with Crippen molar-refractivity contribution in [2.24, 2.45) is 4.99 Å². The molecule has 0 spiro atoms. The highest BCUT2D eigenvalue weighted by Crippen LogP contribution is 2.12. The van der Waals surface area contributed by atoms with Gasteiger partial charge >= 0.3 is 0 Å². The Morgan fingerprint density at radius 2 is 2.06 bits per heavy atom. The monoisotopic (exact) mass is 540 g/mol. The summed E-state index contributed by atoms with van der Waals surface area (Å²) in [6, 6.07) is 14.0.